The molecule has 0 radical (unpaired) electrons. The molecule has 3 nitrogen and oxygen atoms in total. The molecule has 5 heteroatoms. The highest BCUT2D eigenvalue weighted by molar-refractivity contribution is 7.11. The van der Waals surface area contributed by atoms with E-state index in [9.17, 15) is 9.18 Å². The predicted octanol–water partition coefficient (Wildman–Crippen LogP) is 5.59. The fraction of sp³-hybridized carbons (Fsp3) is 0.136. The van der Waals surface area contributed by atoms with Gasteiger partial charge in [0.05, 0.1) is 5.69 Å². The molecular formula is C22H18FNO2S. The topological polar surface area (TPSA) is 38.3 Å². The fourth-order valence-corrected chi connectivity index (χ4v) is 4.52. The zero-order valence-corrected chi connectivity index (χ0v) is 15.4. The van der Waals surface area contributed by atoms with Crippen molar-refractivity contribution >= 4 is 22.9 Å². The number of hydrogen-bond acceptors (Lipinski definition) is 3. The van der Waals surface area contributed by atoms with Gasteiger partial charge in [0.2, 0.25) is 5.91 Å². The summed E-state index contributed by atoms with van der Waals surface area (Å²) >= 11 is 1.60. The summed E-state index contributed by atoms with van der Waals surface area (Å²) in [5.41, 5.74) is 3.60. The van der Waals surface area contributed by atoms with E-state index < -0.39 is 0 Å². The summed E-state index contributed by atoms with van der Waals surface area (Å²) in [7, 11) is 0. The maximum Gasteiger partial charge on any atom is 0.225 e. The molecule has 0 spiro atoms. The van der Waals surface area contributed by atoms with Crippen LogP contribution in [0.15, 0.2) is 66.6 Å². The lowest BCUT2D eigenvalue weighted by Crippen LogP contribution is -2.22. The lowest BCUT2D eigenvalue weighted by molar-refractivity contribution is -0.116. The van der Waals surface area contributed by atoms with Gasteiger partial charge in [-0.25, -0.2) is 4.39 Å². The first-order chi connectivity index (χ1) is 13.2. The quantitative estimate of drug-likeness (QED) is 0.587. The SMILES string of the molecule is C=CCOc1ccccc1[C@H]1CC(=O)Nc2c(-c3ccc(F)cc3)csc21. The third-order valence-electron chi connectivity index (χ3n) is 4.60. The summed E-state index contributed by atoms with van der Waals surface area (Å²) in [4.78, 5) is 13.5. The van der Waals surface area contributed by atoms with Crippen molar-refractivity contribution in [2.24, 2.45) is 0 Å². The second-order valence-corrected chi connectivity index (χ2v) is 7.25. The molecule has 2 aromatic carbocycles. The molecule has 0 saturated heterocycles. The van der Waals surface area contributed by atoms with Crippen LogP contribution in [0.25, 0.3) is 11.1 Å². The Hall–Kier alpha value is -2.92. The van der Waals surface area contributed by atoms with Gasteiger partial charge in [-0.2, -0.15) is 0 Å². The van der Waals surface area contributed by atoms with Gasteiger partial charge >= 0.3 is 0 Å². The van der Waals surface area contributed by atoms with Crippen LogP contribution >= 0.6 is 11.3 Å². The van der Waals surface area contributed by atoms with Gasteiger partial charge in [-0.3, -0.25) is 4.79 Å². The Morgan fingerprint density at radius 2 is 2.00 bits per heavy atom. The number of carbonyl (C=O) groups excluding carboxylic acids is 1. The third kappa shape index (κ3) is 3.38. The molecule has 1 atom stereocenters. The molecule has 0 aliphatic carbocycles. The number of halogens is 1. The minimum Gasteiger partial charge on any atom is -0.489 e. The summed E-state index contributed by atoms with van der Waals surface area (Å²) in [6.45, 7) is 4.11. The molecule has 3 aromatic rings. The molecule has 27 heavy (non-hydrogen) atoms. The number of carbonyl (C=O) groups is 1. The second kappa shape index (κ2) is 7.37. The first-order valence-corrected chi connectivity index (χ1v) is 9.55. The second-order valence-electron chi connectivity index (χ2n) is 6.34. The highest BCUT2D eigenvalue weighted by atomic mass is 32.1. The summed E-state index contributed by atoms with van der Waals surface area (Å²) in [5, 5.41) is 5.02. The number of amides is 1. The Balaban J connectivity index is 1.78. The molecule has 1 aliphatic rings. The van der Waals surface area contributed by atoms with Crippen molar-refractivity contribution in [1.82, 2.24) is 0 Å². The first kappa shape index (κ1) is 17.5. The number of para-hydroxylation sites is 1. The normalized spacial score (nSPS) is 15.7. The lowest BCUT2D eigenvalue weighted by atomic mass is 9.88. The molecule has 136 valence electrons. The largest absolute Gasteiger partial charge is 0.489 e. The van der Waals surface area contributed by atoms with Crippen molar-refractivity contribution in [3.05, 3.63) is 82.8 Å². The van der Waals surface area contributed by atoms with Gasteiger partial charge in [0, 0.05) is 33.7 Å². The molecule has 0 bridgehead atoms. The van der Waals surface area contributed by atoms with E-state index >= 15 is 0 Å². The van der Waals surface area contributed by atoms with E-state index in [0.717, 1.165) is 33.0 Å². The zero-order chi connectivity index (χ0) is 18.8. The molecule has 0 fully saturated rings. The van der Waals surface area contributed by atoms with E-state index in [2.05, 4.69) is 11.9 Å². The maximum absolute atomic E-state index is 13.3. The average Bonchev–Trinajstić information content (AvgIpc) is 3.10. The summed E-state index contributed by atoms with van der Waals surface area (Å²) in [6, 6.07) is 14.1. The number of nitrogens with one attached hydrogen (secondary N) is 1. The number of rotatable bonds is 5. The molecule has 2 heterocycles. The van der Waals surface area contributed by atoms with Gasteiger partial charge < -0.3 is 10.1 Å². The van der Waals surface area contributed by atoms with Crippen LogP contribution in [0.2, 0.25) is 0 Å². The molecule has 1 aliphatic heterocycles. The van der Waals surface area contributed by atoms with Gasteiger partial charge in [-0.05, 0) is 23.8 Å². The van der Waals surface area contributed by atoms with Crippen molar-refractivity contribution in [2.75, 3.05) is 11.9 Å². The van der Waals surface area contributed by atoms with Crippen molar-refractivity contribution in [1.29, 1.82) is 0 Å². The molecule has 0 saturated carbocycles. The Bertz CT molecular complexity index is 994. The van der Waals surface area contributed by atoms with Gasteiger partial charge in [0.25, 0.3) is 0 Å². The van der Waals surface area contributed by atoms with Crippen LogP contribution in [0.5, 0.6) is 5.75 Å². The Morgan fingerprint density at radius 3 is 2.78 bits per heavy atom. The minimum atomic E-state index is -0.280. The first-order valence-electron chi connectivity index (χ1n) is 8.67. The number of fused-ring (bicyclic) bond motifs is 1. The van der Waals surface area contributed by atoms with Crippen LogP contribution < -0.4 is 10.1 Å². The number of hydrogen-bond donors (Lipinski definition) is 1. The maximum atomic E-state index is 13.3. The standard InChI is InChI=1S/C22H18FNO2S/c1-2-11-26-19-6-4-3-5-16(19)17-12-20(25)24-21-18(13-27-22(17)21)14-7-9-15(23)10-8-14/h2-10,13,17H,1,11-12H2,(H,24,25)/t17-/m1/s1. The fourth-order valence-electron chi connectivity index (χ4n) is 3.37. The van der Waals surface area contributed by atoms with Crippen LogP contribution in [0.1, 0.15) is 22.8 Å². The van der Waals surface area contributed by atoms with Crippen LogP contribution in [0.3, 0.4) is 0 Å². The summed E-state index contributed by atoms with van der Waals surface area (Å²) in [6.07, 6.45) is 2.07. The molecular weight excluding hydrogens is 361 g/mol. The zero-order valence-electron chi connectivity index (χ0n) is 14.6. The molecule has 1 N–H and O–H groups in total. The van der Waals surface area contributed by atoms with Crippen LogP contribution in [-0.2, 0) is 4.79 Å². The highest BCUT2D eigenvalue weighted by Crippen LogP contribution is 2.48. The van der Waals surface area contributed by atoms with Gasteiger partial charge in [-0.1, -0.05) is 43.0 Å². The Labute approximate surface area is 161 Å². The number of thiophene rings is 1. The molecule has 0 unspecified atom stereocenters. The number of anilines is 1. The van der Waals surface area contributed by atoms with E-state index in [1.807, 2.05) is 29.6 Å². The van der Waals surface area contributed by atoms with Gasteiger partial charge in [-0.15, -0.1) is 11.3 Å². The number of ether oxygens (including phenoxy) is 1. The average molecular weight is 379 g/mol. The minimum absolute atomic E-state index is 0.0345. The molecule has 1 aromatic heterocycles. The summed E-state index contributed by atoms with van der Waals surface area (Å²) < 4.78 is 19.1. The van der Waals surface area contributed by atoms with Crippen LogP contribution in [-0.4, -0.2) is 12.5 Å². The Morgan fingerprint density at radius 1 is 1.22 bits per heavy atom. The van der Waals surface area contributed by atoms with Crippen molar-refractivity contribution < 1.29 is 13.9 Å². The van der Waals surface area contributed by atoms with Gasteiger partial charge in [0.15, 0.2) is 0 Å². The molecule has 4 rings (SSSR count). The van der Waals surface area contributed by atoms with E-state index in [1.54, 1.807) is 29.5 Å². The number of benzene rings is 2. The highest BCUT2D eigenvalue weighted by Gasteiger charge is 2.32. The smallest absolute Gasteiger partial charge is 0.225 e. The van der Waals surface area contributed by atoms with E-state index in [1.165, 1.54) is 12.1 Å². The Kier molecular flexibility index (Phi) is 4.77. The lowest BCUT2D eigenvalue weighted by Gasteiger charge is -2.25. The van der Waals surface area contributed by atoms with E-state index in [4.69, 9.17) is 4.74 Å². The summed E-state index contributed by atoms with van der Waals surface area (Å²) in [5.74, 6) is 0.375. The van der Waals surface area contributed by atoms with Crippen LogP contribution in [0.4, 0.5) is 10.1 Å². The van der Waals surface area contributed by atoms with Crippen molar-refractivity contribution in [3.63, 3.8) is 0 Å². The monoisotopic (exact) mass is 379 g/mol. The van der Waals surface area contributed by atoms with Crippen molar-refractivity contribution in [3.8, 4) is 16.9 Å². The van der Waals surface area contributed by atoms with Crippen LogP contribution in [0, 0.1) is 5.82 Å². The predicted molar refractivity (Wildman–Crippen MR) is 107 cm³/mol. The third-order valence-corrected chi connectivity index (χ3v) is 5.69. The van der Waals surface area contributed by atoms with E-state index in [-0.39, 0.29) is 17.6 Å². The van der Waals surface area contributed by atoms with Crippen molar-refractivity contribution in [2.45, 2.75) is 12.3 Å². The molecule has 1 amide bonds. The van der Waals surface area contributed by atoms with Gasteiger partial charge in [0.1, 0.15) is 18.2 Å². The van der Waals surface area contributed by atoms with E-state index in [0.29, 0.717) is 13.0 Å².